The van der Waals surface area contributed by atoms with Crippen LogP contribution in [0.15, 0.2) is 18.3 Å². The van der Waals surface area contributed by atoms with Gasteiger partial charge in [-0.05, 0) is 25.0 Å². The second-order valence-corrected chi connectivity index (χ2v) is 4.91. The number of rotatable bonds is 7. The molecule has 0 aromatic carbocycles. The van der Waals surface area contributed by atoms with Crippen molar-refractivity contribution in [2.75, 3.05) is 6.54 Å². The summed E-state index contributed by atoms with van der Waals surface area (Å²) in [6, 6.07) is 3.60. The van der Waals surface area contributed by atoms with E-state index in [1.807, 2.05) is 33.2 Å². The van der Waals surface area contributed by atoms with Gasteiger partial charge < -0.3 is 15.0 Å². The molecule has 0 saturated heterocycles. The summed E-state index contributed by atoms with van der Waals surface area (Å²) in [7, 11) is 1.83. The highest BCUT2D eigenvalue weighted by Gasteiger charge is 2.25. The average Bonchev–Trinajstić information content (AvgIpc) is 2.73. The van der Waals surface area contributed by atoms with Crippen LogP contribution in [0.3, 0.4) is 0 Å². The predicted molar refractivity (Wildman–Crippen MR) is 72.5 cm³/mol. The molecule has 0 spiro atoms. The van der Waals surface area contributed by atoms with Crippen LogP contribution in [0.2, 0.25) is 0 Å². The van der Waals surface area contributed by atoms with Crippen molar-refractivity contribution in [3.63, 3.8) is 0 Å². The summed E-state index contributed by atoms with van der Waals surface area (Å²) in [5.74, 6) is -0.131. The van der Waals surface area contributed by atoms with E-state index in [9.17, 15) is 9.90 Å². The molecule has 1 rings (SSSR count). The Kier molecular flexibility index (Phi) is 5.41. The number of nitrogens with one attached hydrogen (secondary N) is 1. The number of carbonyl (C=O) groups is 1. The van der Waals surface area contributed by atoms with E-state index in [1.165, 1.54) is 0 Å². The molecule has 0 aliphatic carbocycles. The van der Waals surface area contributed by atoms with E-state index in [0.717, 1.165) is 12.8 Å². The smallest absolute Gasteiger partial charge is 0.267 e. The summed E-state index contributed by atoms with van der Waals surface area (Å²) < 4.78 is 1.77. The molecule has 0 radical (unpaired) electrons. The van der Waals surface area contributed by atoms with E-state index in [0.29, 0.717) is 25.1 Å². The van der Waals surface area contributed by atoms with Crippen LogP contribution >= 0.6 is 0 Å². The van der Waals surface area contributed by atoms with E-state index in [1.54, 1.807) is 10.6 Å². The Balaban J connectivity index is 2.57. The first-order chi connectivity index (χ1) is 8.52. The zero-order chi connectivity index (χ0) is 13.6. The molecule has 0 atom stereocenters. The van der Waals surface area contributed by atoms with Crippen molar-refractivity contribution in [2.45, 2.75) is 45.1 Å². The molecule has 1 amide bonds. The fraction of sp³-hybridized carbons (Fsp3) is 0.643. The van der Waals surface area contributed by atoms with Gasteiger partial charge in [0.2, 0.25) is 0 Å². The van der Waals surface area contributed by atoms with Crippen molar-refractivity contribution < 1.29 is 9.90 Å². The normalized spacial score (nSPS) is 11.6. The molecule has 1 aromatic heterocycles. The molecule has 4 nitrogen and oxygen atoms in total. The standard InChI is InChI=1S/C14H24N2O2/c1-4-8-14(18,9-5-2)11-15-13(17)12-7-6-10-16(12)3/h6-7,10,18H,4-5,8-9,11H2,1-3H3,(H,15,17). The zero-order valence-electron chi connectivity index (χ0n) is 11.6. The lowest BCUT2D eigenvalue weighted by atomic mass is 9.92. The van der Waals surface area contributed by atoms with Crippen LogP contribution in [0.1, 0.15) is 50.0 Å². The second kappa shape index (κ2) is 6.59. The number of aromatic nitrogens is 1. The molecule has 0 aliphatic rings. The Hall–Kier alpha value is -1.29. The van der Waals surface area contributed by atoms with Crippen molar-refractivity contribution in [1.82, 2.24) is 9.88 Å². The molecular weight excluding hydrogens is 228 g/mol. The largest absolute Gasteiger partial charge is 0.388 e. The van der Waals surface area contributed by atoms with Crippen LogP contribution in [-0.2, 0) is 7.05 Å². The maximum atomic E-state index is 11.9. The lowest BCUT2D eigenvalue weighted by Crippen LogP contribution is -2.43. The summed E-state index contributed by atoms with van der Waals surface area (Å²) >= 11 is 0. The molecular formula is C14H24N2O2. The number of hydrogen-bond acceptors (Lipinski definition) is 2. The minimum absolute atomic E-state index is 0.131. The lowest BCUT2D eigenvalue weighted by molar-refractivity contribution is 0.0212. The number of hydrogen-bond donors (Lipinski definition) is 2. The van der Waals surface area contributed by atoms with Gasteiger partial charge in [-0.15, -0.1) is 0 Å². The first kappa shape index (κ1) is 14.8. The van der Waals surface area contributed by atoms with E-state index in [2.05, 4.69) is 5.32 Å². The fourth-order valence-electron chi connectivity index (χ4n) is 2.26. The lowest BCUT2D eigenvalue weighted by Gasteiger charge is -2.27. The zero-order valence-corrected chi connectivity index (χ0v) is 11.6. The van der Waals surface area contributed by atoms with Crippen LogP contribution in [0, 0.1) is 0 Å². The minimum atomic E-state index is -0.773. The van der Waals surface area contributed by atoms with E-state index < -0.39 is 5.60 Å². The highest BCUT2D eigenvalue weighted by molar-refractivity contribution is 5.92. The summed E-state index contributed by atoms with van der Waals surface area (Å²) in [5, 5.41) is 13.2. The predicted octanol–water partition coefficient (Wildman–Crippen LogP) is 2.09. The molecule has 0 fully saturated rings. The van der Waals surface area contributed by atoms with E-state index >= 15 is 0 Å². The first-order valence-electron chi connectivity index (χ1n) is 6.64. The third-order valence-corrected chi connectivity index (χ3v) is 3.19. The Bertz CT molecular complexity index is 379. The number of nitrogens with zero attached hydrogens (tertiary/aromatic N) is 1. The van der Waals surface area contributed by atoms with Gasteiger partial charge in [0, 0.05) is 19.8 Å². The molecule has 4 heteroatoms. The highest BCUT2D eigenvalue weighted by atomic mass is 16.3. The molecule has 0 unspecified atom stereocenters. The molecule has 18 heavy (non-hydrogen) atoms. The van der Waals surface area contributed by atoms with Crippen molar-refractivity contribution in [1.29, 1.82) is 0 Å². The summed E-state index contributed by atoms with van der Waals surface area (Å²) in [5.41, 5.74) is -0.157. The monoisotopic (exact) mass is 252 g/mol. The summed E-state index contributed by atoms with van der Waals surface area (Å²) in [6.07, 6.45) is 5.09. The third-order valence-electron chi connectivity index (χ3n) is 3.19. The second-order valence-electron chi connectivity index (χ2n) is 4.91. The van der Waals surface area contributed by atoms with Gasteiger partial charge in [-0.1, -0.05) is 26.7 Å². The topological polar surface area (TPSA) is 54.3 Å². The van der Waals surface area contributed by atoms with Crippen LogP contribution in [0.25, 0.3) is 0 Å². The molecule has 1 aromatic rings. The van der Waals surface area contributed by atoms with Crippen molar-refractivity contribution in [2.24, 2.45) is 7.05 Å². The van der Waals surface area contributed by atoms with Crippen molar-refractivity contribution in [3.8, 4) is 0 Å². The Morgan fingerprint density at radius 3 is 2.44 bits per heavy atom. The van der Waals surface area contributed by atoms with Gasteiger partial charge in [0.15, 0.2) is 0 Å². The SMILES string of the molecule is CCCC(O)(CCC)CNC(=O)c1cccn1C. The maximum Gasteiger partial charge on any atom is 0.267 e. The van der Waals surface area contributed by atoms with Gasteiger partial charge in [0.25, 0.3) is 5.91 Å². The Labute approximate surface area is 109 Å². The van der Waals surface area contributed by atoms with Crippen LogP contribution in [0.5, 0.6) is 0 Å². The van der Waals surface area contributed by atoms with Crippen LogP contribution in [-0.4, -0.2) is 27.7 Å². The van der Waals surface area contributed by atoms with Gasteiger partial charge in [0.1, 0.15) is 5.69 Å². The summed E-state index contributed by atoms with van der Waals surface area (Å²) in [6.45, 7) is 4.40. The van der Waals surface area contributed by atoms with Gasteiger partial charge >= 0.3 is 0 Å². The maximum absolute atomic E-state index is 11.9. The van der Waals surface area contributed by atoms with Crippen LogP contribution < -0.4 is 5.32 Å². The van der Waals surface area contributed by atoms with E-state index in [-0.39, 0.29) is 5.91 Å². The van der Waals surface area contributed by atoms with Crippen molar-refractivity contribution in [3.05, 3.63) is 24.0 Å². The quantitative estimate of drug-likeness (QED) is 0.780. The fourth-order valence-corrected chi connectivity index (χ4v) is 2.26. The van der Waals surface area contributed by atoms with Crippen molar-refractivity contribution >= 4 is 5.91 Å². The first-order valence-corrected chi connectivity index (χ1v) is 6.64. The average molecular weight is 252 g/mol. The number of carbonyl (C=O) groups excluding carboxylic acids is 1. The number of aliphatic hydroxyl groups is 1. The Morgan fingerprint density at radius 1 is 1.39 bits per heavy atom. The molecule has 1 heterocycles. The Morgan fingerprint density at radius 2 is 2.00 bits per heavy atom. The molecule has 0 aliphatic heterocycles. The molecule has 0 saturated carbocycles. The molecule has 0 bridgehead atoms. The molecule has 2 N–H and O–H groups in total. The number of aryl methyl sites for hydroxylation is 1. The van der Waals surface area contributed by atoms with Gasteiger partial charge in [-0.2, -0.15) is 0 Å². The number of amides is 1. The van der Waals surface area contributed by atoms with Gasteiger partial charge in [0.05, 0.1) is 5.60 Å². The van der Waals surface area contributed by atoms with E-state index in [4.69, 9.17) is 0 Å². The highest BCUT2D eigenvalue weighted by Crippen LogP contribution is 2.18. The van der Waals surface area contributed by atoms with Gasteiger partial charge in [-0.25, -0.2) is 0 Å². The van der Waals surface area contributed by atoms with Crippen LogP contribution in [0.4, 0.5) is 0 Å². The minimum Gasteiger partial charge on any atom is -0.388 e. The molecule has 102 valence electrons. The van der Waals surface area contributed by atoms with Gasteiger partial charge in [-0.3, -0.25) is 4.79 Å². The third kappa shape index (κ3) is 3.88. The summed E-state index contributed by atoms with van der Waals surface area (Å²) in [4.78, 5) is 11.9.